The molecule has 0 spiro atoms. The summed E-state index contributed by atoms with van der Waals surface area (Å²) in [5, 5.41) is 0.466. The van der Waals surface area contributed by atoms with Crippen LogP contribution in [0.4, 0.5) is 0 Å². The Hall–Kier alpha value is -0.760. The number of halogens is 1. The molecule has 2 nitrogen and oxygen atoms in total. The number of nitrogens with zero attached hydrogens (tertiary/aromatic N) is 1. The van der Waals surface area contributed by atoms with Crippen molar-refractivity contribution >= 4 is 11.6 Å². The fourth-order valence-corrected chi connectivity index (χ4v) is 0.973. The Kier molecular flexibility index (Phi) is 3.55. The van der Waals surface area contributed by atoms with Gasteiger partial charge in [-0.2, -0.15) is 0 Å². The van der Waals surface area contributed by atoms with Gasteiger partial charge in [0, 0.05) is 12.3 Å². The molecule has 0 aliphatic heterocycles. The van der Waals surface area contributed by atoms with E-state index in [1.165, 1.54) is 0 Å². The van der Waals surface area contributed by atoms with E-state index in [-0.39, 0.29) is 6.10 Å². The van der Waals surface area contributed by atoms with E-state index in [0.717, 1.165) is 5.75 Å². The van der Waals surface area contributed by atoms with Crippen molar-refractivity contribution in [3.05, 3.63) is 23.5 Å². The van der Waals surface area contributed by atoms with Gasteiger partial charge in [-0.3, -0.25) is 0 Å². The number of aromatic nitrogens is 1. The second kappa shape index (κ2) is 4.47. The van der Waals surface area contributed by atoms with E-state index in [4.69, 9.17) is 16.3 Å². The van der Waals surface area contributed by atoms with Crippen molar-refractivity contribution in [3.63, 3.8) is 0 Å². The third-order valence-electron chi connectivity index (χ3n) is 1.96. The molecule has 1 heterocycles. The minimum atomic E-state index is 0.193. The van der Waals surface area contributed by atoms with Gasteiger partial charge in [-0.05, 0) is 18.9 Å². The molecule has 1 atom stereocenters. The summed E-state index contributed by atoms with van der Waals surface area (Å²) in [5.41, 5.74) is 0. The fraction of sp³-hybridized carbons (Fsp3) is 0.500. The molecule has 0 aliphatic carbocycles. The van der Waals surface area contributed by atoms with Crippen LogP contribution >= 0.6 is 11.6 Å². The van der Waals surface area contributed by atoms with Crippen molar-refractivity contribution < 1.29 is 4.74 Å². The van der Waals surface area contributed by atoms with Crippen LogP contribution in [0, 0.1) is 5.92 Å². The molecule has 0 aromatic carbocycles. The monoisotopic (exact) mass is 199 g/mol. The maximum atomic E-state index is 5.72. The predicted octanol–water partition coefficient (Wildman–Crippen LogP) is 3.16. The largest absolute Gasteiger partial charge is 0.490 e. The summed E-state index contributed by atoms with van der Waals surface area (Å²) in [4.78, 5) is 3.88. The average molecular weight is 200 g/mol. The average Bonchev–Trinajstić information content (AvgIpc) is 2.04. The standard InChI is InChI=1S/C10H14ClNO/c1-7(2)8(3)13-9-4-5-12-10(11)6-9/h4-8H,1-3H3. The number of ether oxygens (including phenoxy) is 1. The first-order valence-corrected chi connectivity index (χ1v) is 4.75. The third kappa shape index (κ3) is 3.23. The molecule has 0 radical (unpaired) electrons. The van der Waals surface area contributed by atoms with Crippen LogP contribution in [0.3, 0.4) is 0 Å². The molecule has 72 valence electrons. The molecule has 0 bridgehead atoms. The lowest BCUT2D eigenvalue weighted by Crippen LogP contribution is -2.18. The predicted molar refractivity (Wildman–Crippen MR) is 54.2 cm³/mol. The molecule has 1 unspecified atom stereocenters. The van der Waals surface area contributed by atoms with E-state index in [1.807, 2.05) is 13.0 Å². The lowest BCUT2D eigenvalue weighted by molar-refractivity contribution is 0.170. The first kappa shape index (κ1) is 10.3. The van der Waals surface area contributed by atoms with Crippen LogP contribution in [0.2, 0.25) is 5.15 Å². The van der Waals surface area contributed by atoms with Crippen molar-refractivity contribution in [2.75, 3.05) is 0 Å². The first-order valence-electron chi connectivity index (χ1n) is 4.38. The summed E-state index contributed by atoms with van der Waals surface area (Å²) in [5.74, 6) is 1.27. The number of pyridine rings is 1. The second-order valence-corrected chi connectivity index (χ2v) is 3.77. The molecule has 1 rings (SSSR count). The van der Waals surface area contributed by atoms with Gasteiger partial charge in [0.1, 0.15) is 10.9 Å². The lowest BCUT2D eigenvalue weighted by Gasteiger charge is -2.17. The molecule has 0 N–H and O–H groups in total. The van der Waals surface area contributed by atoms with Crippen molar-refractivity contribution in [3.8, 4) is 5.75 Å². The van der Waals surface area contributed by atoms with Crippen LogP contribution in [0.1, 0.15) is 20.8 Å². The van der Waals surface area contributed by atoms with Crippen LogP contribution < -0.4 is 4.74 Å². The summed E-state index contributed by atoms with van der Waals surface area (Å²) in [6.45, 7) is 6.28. The highest BCUT2D eigenvalue weighted by molar-refractivity contribution is 6.29. The zero-order valence-electron chi connectivity index (χ0n) is 8.12. The summed E-state index contributed by atoms with van der Waals surface area (Å²) in [7, 11) is 0. The summed E-state index contributed by atoms with van der Waals surface area (Å²) < 4.78 is 5.63. The maximum absolute atomic E-state index is 5.72. The van der Waals surface area contributed by atoms with Gasteiger partial charge in [0.2, 0.25) is 0 Å². The molecule has 0 amide bonds. The number of hydrogen-bond donors (Lipinski definition) is 0. The van der Waals surface area contributed by atoms with Crippen molar-refractivity contribution in [1.29, 1.82) is 0 Å². The second-order valence-electron chi connectivity index (χ2n) is 3.38. The topological polar surface area (TPSA) is 22.1 Å². The van der Waals surface area contributed by atoms with E-state index in [0.29, 0.717) is 11.1 Å². The molecule has 3 heteroatoms. The molecule has 0 saturated heterocycles. The number of rotatable bonds is 3. The van der Waals surface area contributed by atoms with E-state index in [9.17, 15) is 0 Å². The van der Waals surface area contributed by atoms with Gasteiger partial charge in [0.25, 0.3) is 0 Å². The Balaban J connectivity index is 2.64. The van der Waals surface area contributed by atoms with E-state index >= 15 is 0 Å². The lowest BCUT2D eigenvalue weighted by atomic mass is 10.1. The Morgan fingerprint density at radius 2 is 2.08 bits per heavy atom. The highest BCUT2D eigenvalue weighted by atomic mass is 35.5. The van der Waals surface area contributed by atoms with E-state index in [2.05, 4.69) is 18.8 Å². The first-order chi connectivity index (χ1) is 6.09. The highest BCUT2D eigenvalue weighted by Gasteiger charge is 2.08. The SMILES string of the molecule is CC(C)C(C)Oc1ccnc(Cl)c1. The molecule has 1 aromatic rings. The quantitative estimate of drug-likeness (QED) is 0.698. The van der Waals surface area contributed by atoms with Crippen molar-refractivity contribution in [2.45, 2.75) is 26.9 Å². The van der Waals surface area contributed by atoms with Gasteiger partial charge < -0.3 is 4.74 Å². The summed E-state index contributed by atoms with van der Waals surface area (Å²) >= 11 is 5.72. The van der Waals surface area contributed by atoms with Gasteiger partial charge in [0.15, 0.2) is 0 Å². The van der Waals surface area contributed by atoms with Gasteiger partial charge in [-0.15, -0.1) is 0 Å². The Morgan fingerprint density at radius 1 is 1.38 bits per heavy atom. The molecular weight excluding hydrogens is 186 g/mol. The van der Waals surface area contributed by atoms with E-state index in [1.54, 1.807) is 12.3 Å². The highest BCUT2D eigenvalue weighted by Crippen LogP contribution is 2.17. The van der Waals surface area contributed by atoms with Crippen LogP contribution in [-0.2, 0) is 0 Å². The Bertz CT molecular complexity index is 275. The van der Waals surface area contributed by atoms with Crippen LogP contribution in [-0.4, -0.2) is 11.1 Å². The fourth-order valence-electron chi connectivity index (χ4n) is 0.809. The summed E-state index contributed by atoms with van der Waals surface area (Å²) in [6, 6.07) is 3.53. The van der Waals surface area contributed by atoms with E-state index < -0.39 is 0 Å². The Labute approximate surface area is 83.9 Å². The molecule has 0 saturated carbocycles. The maximum Gasteiger partial charge on any atom is 0.132 e. The van der Waals surface area contributed by atoms with Crippen LogP contribution in [0.25, 0.3) is 0 Å². The Morgan fingerprint density at radius 3 is 2.62 bits per heavy atom. The minimum Gasteiger partial charge on any atom is -0.490 e. The minimum absolute atomic E-state index is 0.193. The summed E-state index contributed by atoms with van der Waals surface area (Å²) in [6.07, 6.45) is 1.84. The molecule has 1 aromatic heterocycles. The van der Waals surface area contributed by atoms with Gasteiger partial charge in [-0.25, -0.2) is 4.98 Å². The molecule has 0 fully saturated rings. The van der Waals surface area contributed by atoms with Crippen molar-refractivity contribution in [1.82, 2.24) is 4.98 Å². The zero-order valence-corrected chi connectivity index (χ0v) is 8.88. The van der Waals surface area contributed by atoms with Gasteiger partial charge >= 0.3 is 0 Å². The third-order valence-corrected chi connectivity index (χ3v) is 2.17. The molecule has 13 heavy (non-hydrogen) atoms. The smallest absolute Gasteiger partial charge is 0.132 e. The molecule has 0 aliphatic rings. The van der Waals surface area contributed by atoms with Gasteiger partial charge in [-0.1, -0.05) is 25.4 Å². The van der Waals surface area contributed by atoms with Crippen LogP contribution in [0.5, 0.6) is 5.75 Å². The van der Waals surface area contributed by atoms with Gasteiger partial charge in [0.05, 0.1) is 6.10 Å². The molecular formula is C10H14ClNO. The zero-order chi connectivity index (χ0) is 9.84. The number of hydrogen-bond acceptors (Lipinski definition) is 2. The van der Waals surface area contributed by atoms with Crippen molar-refractivity contribution in [2.24, 2.45) is 5.92 Å². The van der Waals surface area contributed by atoms with Crippen LogP contribution in [0.15, 0.2) is 18.3 Å². The normalized spacial score (nSPS) is 13.0.